The van der Waals surface area contributed by atoms with Crippen LogP contribution in [0.4, 0.5) is 5.69 Å². The molecular weight excluding hydrogens is 266 g/mol. The first-order valence-electron chi connectivity index (χ1n) is 5.89. The van der Waals surface area contributed by atoms with Gasteiger partial charge < -0.3 is 10.2 Å². The van der Waals surface area contributed by atoms with E-state index in [0.29, 0.717) is 6.42 Å². The van der Waals surface area contributed by atoms with Gasteiger partial charge in [-0.3, -0.25) is 14.5 Å². The number of amides is 2. The summed E-state index contributed by atoms with van der Waals surface area (Å²) >= 11 is 0. The van der Waals surface area contributed by atoms with Gasteiger partial charge in [-0.2, -0.15) is 0 Å². The van der Waals surface area contributed by atoms with Crippen molar-refractivity contribution in [2.75, 3.05) is 4.90 Å². The van der Waals surface area contributed by atoms with Crippen molar-refractivity contribution >= 4 is 29.4 Å². The smallest absolute Gasteiger partial charge is 0.335 e. The number of hydrogen-bond acceptors (Lipinski definition) is 4. The summed E-state index contributed by atoms with van der Waals surface area (Å²) in [5.41, 5.74) is -0.549. The molecule has 0 radical (unpaired) electrons. The molecule has 2 unspecified atom stereocenters. The first-order valence-corrected chi connectivity index (χ1v) is 5.89. The van der Waals surface area contributed by atoms with E-state index in [9.17, 15) is 19.2 Å². The number of anilines is 1. The second kappa shape index (κ2) is 3.89. The molecule has 1 aromatic carbocycles. The lowest BCUT2D eigenvalue weighted by molar-refractivity contribution is -0.123. The van der Waals surface area contributed by atoms with Gasteiger partial charge in [0.2, 0.25) is 11.8 Å². The average molecular weight is 275 g/mol. The van der Waals surface area contributed by atoms with Crippen LogP contribution in [0, 0.1) is 11.8 Å². The number of hydrogen-bond donors (Lipinski definition) is 2. The number of fused-ring (bicyclic) bond motifs is 1. The van der Waals surface area contributed by atoms with E-state index < -0.39 is 11.9 Å². The Morgan fingerprint density at radius 3 is 1.80 bits per heavy atom. The molecule has 2 N–H and O–H groups in total. The minimum Gasteiger partial charge on any atom is -0.478 e. The molecule has 102 valence electrons. The van der Waals surface area contributed by atoms with E-state index in [1.807, 2.05) is 0 Å². The summed E-state index contributed by atoms with van der Waals surface area (Å²) in [5.74, 6) is -4.08. The largest absolute Gasteiger partial charge is 0.478 e. The molecule has 1 saturated carbocycles. The molecule has 7 heteroatoms. The molecule has 2 aliphatic rings. The van der Waals surface area contributed by atoms with Gasteiger partial charge in [0, 0.05) is 0 Å². The number of carbonyl (C=O) groups excluding carboxylic acids is 2. The third-order valence-electron chi connectivity index (χ3n) is 3.54. The second-order valence-electron chi connectivity index (χ2n) is 4.84. The molecule has 1 saturated heterocycles. The highest BCUT2D eigenvalue weighted by molar-refractivity contribution is 6.25. The molecule has 2 atom stereocenters. The number of benzene rings is 1. The molecule has 1 aromatic rings. The number of carboxylic acid groups (broad SMARTS) is 2. The van der Waals surface area contributed by atoms with Crippen LogP contribution < -0.4 is 4.90 Å². The maximum absolute atomic E-state index is 11.9. The molecule has 20 heavy (non-hydrogen) atoms. The van der Waals surface area contributed by atoms with Gasteiger partial charge >= 0.3 is 11.9 Å². The number of carbonyl (C=O) groups is 4. The lowest BCUT2D eigenvalue weighted by Crippen LogP contribution is -2.33. The number of nitrogens with zero attached hydrogens (tertiary/aromatic N) is 1. The quantitative estimate of drug-likeness (QED) is 0.781. The predicted octanol–water partition coefficient (Wildman–Crippen LogP) is 0.592. The Labute approximate surface area is 112 Å². The molecule has 7 nitrogen and oxygen atoms in total. The number of piperidine rings is 1. The van der Waals surface area contributed by atoms with Gasteiger partial charge in [-0.15, -0.1) is 0 Å². The maximum Gasteiger partial charge on any atom is 0.335 e. The van der Waals surface area contributed by atoms with Crippen molar-refractivity contribution in [1.29, 1.82) is 0 Å². The lowest BCUT2D eigenvalue weighted by Gasteiger charge is -2.17. The highest BCUT2D eigenvalue weighted by atomic mass is 16.4. The molecule has 0 spiro atoms. The molecular formula is C13H9NO6. The first kappa shape index (κ1) is 12.3. The van der Waals surface area contributed by atoms with Crippen LogP contribution in [0.25, 0.3) is 0 Å². The molecule has 0 aromatic heterocycles. The van der Waals surface area contributed by atoms with Gasteiger partial charge in [-0.05, 0) is 24.6 Å². The molecule has 2 fully saturated rings. The van der Waals surface area contributed by atoms with E-state index in [-0.39, 0.29) is 40.5 Å². The van der Waals surface area contributed by atoms with E-state index in [4.69, 9.17) is 10.2 Å². The summed E-state index contributed by atoms with van der Waals surface area (Å²) in [4.78, 5) is 46.7. The van der Waals surface area contributed by atoms with Crippen molar-refractivity contribution in [2.24, 2.45) is 11.8 Å². The third-order valence-corrected chi connectivity index (χ3v) is 3.54. The SMILES string of the molecule is O=C(O)c1cc(C(=O)O)cc(N2C(=O)C3CC3C2=O)c1. The van der Waals surface area contributed by atoms with Crippen molar-refractivity contribution in [1.82, 2.24) is 0 Å². The fraction of sp³-hybridized carbons (Fsp3) is 0.231. The topological polar surface area (TPSA) is 112 Å². The minimum atomic E-state index is -1.32. The molecule has 1 heterocycles. The van der Waals surface area contributed by atoms with Crippen LogP contribution in [0.5, 0.6) is 0 Å². The van der Waals surface area contributed by atoms with Gasteiger partial charge in [-0.25, -0.2) is 9.59 Å². The zero-order valence-electron chi connectivity index (χ0n) is 10.1. The zero-order chi connectivity index (χ0) is 14.6. The molecule has 3 rings (SSSR count). The minimum absolute atomic E-state index is 0.00417. The summed E-state index contributed by atoms with van der Waals surface area (Å²) in [6, 6.07) is 3.25. The summed E-state index contributed by atoms with van der Waals surface area (Å²) < 4.78 is 0. The number of rotatable bonds is 3. The molecule has 0 bridgehead atoms. The maximum atomic E-state index is 11.9. The number of carboxylic acids is 2. The normalized spacial score (nSPS) is 23.7. The van der Waals surface area contributed by atoms with Crippen molar-refractivity contribution in [3.05, 3.63) is 29.3 Å². The van der Waals surface area contributed by atoms with Crippen LogP contribution in [-0.4, -0.2) is 34.0 Å². The van der Waals surface area contributed by atoms with Crippen LogP contribution in [0.15, 0.2) is 18.2 Å². The second-order valence-corrected chi connectivity index (χ2v) is 4.84. The van der Waals surface area contributed by atoms with Crippen molar-refractivity contribution in [3.8, 4) is 0 Å². The van der Waals surface area contributed by atoms with Gasteiger partial charge in [0.05, 0.1) is 28.7 Å². The van der Waals surface area contributed by atoms with Crippen LogP contribution >= 0.6 is 0 Å². The van der Waals surface area contributed by atoms with E-state index in [2.05, 4.69) is 0 Å². The molecule has 2 amide bonds. The third kappa shape index (κ3) is 1.67. The first-order chi connectivity index (χ1) is 9.40. The van der Waals surface area contributed by atoms with Crippen LogP contribution in [0.3, 0.4) is 0 Å². The highest BCUT2D eigenvalue weighted by Gasteiger charge is 2.59. The Morgan fingerprint density at radius 2 is 1.40 bits per heavy atom. The van der Waals surface area contributed by atoms with Crippen molar-refractivity contribution in [2.45, 2.75) is 6.42 Å². The van der Waals surface area contributed by atoms with Gasteiger partial charge in [-0.1, -0.05) is 0 Å². The highest BCUT2D eigenvalue weighted by Crippen LogP contribution is 2.48. The fourth-order valence-corrected chi connectivity index (χ4v) is 2.42. The monoisotopic (exact) mass is 275 g/mol. The zero-order valence-corrected chi connectivity index (χ0v) is 10.1. The van der Waals surface area contributed by atoms with E-state index in [0.717, 1.165) is 23.1 Å². The Balaban J connectivity index is 2.09. The Hall–Kier alpha value is -2.70. The van der Waals surface area contributed by atoms with Gasteiger partial charge in [0.25, 0.3) is 0 Å². The summed E-state index contributed by atoms with van der Waals surface area (Å²) in [5, 5.41) is 17.9. The fourth-order valence-electron chi connectivity index (χ4n) is 2.42. The predicted molar refractivity (Wildman–Crippen MR) is 64.5 cm³/mol. The van der Waals surface area contributed by atoms with Crippen molar-refractivity contribution < 1.29 is 29.4 Å². The van der Waals surface area contributed by atoms with Crippen LogP contribution in [0.2, 0.25) is 0 Å². The lowest BCUT2D eigenvalue weighted by atomic mass is 10.1. The van der Waals surface area contributed by atoms with Crippen LogP contribution in [0.1, 0.15) is 27.1 Å². The Bertz CT molecular complexity index is 627. The average Bonchev–Trinajstić information content (AvgIpc) is 3.14. The number of imide groups is 1. The number of aromatic carboxylic acids is 2. The van der Waals surface area contributed by atoms with Gasteiger partial charge in [0.15, 0.2) is 0 Å². The Morgan fingerprint density at radius 1 is 0.950 bits per heavy atom. The van der Waals surface area contributed by atoms with Crippen LogP contribution in [-0.2, 0) is 9.59 Å². The standard InChI is InChI=1S/C13H9NO6/c15-10-8-4-9(8)11(16)14(10)7-2-5(12(17)18)1-6(3-7)13(19)20/h1-3,8-9H,4H2,(H,17,18)(H,19,20). The van der Waals surface area contributed by atoms with E-state index in [1.54, 1.807) is 0 Å². The van der Waals surface area contributed by atoms with E-state index >= 15 is 0 Å². The summed E-state index contributed by atoms with van der Waals surface area (Å²) in [6.45, 7) is 0. The summed E-state index contributed by atoms with van der Waals surface area (Å²) in [6.07, 6.45) is 0.526. The molecule has 1 aliphatic heterocycles. The van der Waals surface area contributed by atoms with Crippen molar-refractivity contribution in [3.63, 3.8) is 0 Å². The van der Waals surface area contributed by atoms with E-state index in [1.165, 1.54) is 0 Å². The Kier molecular flexibility index (Phi) is 2.40. The summed E-state index contributed by atoms with van der Waals surface area (Å²) in [7, 11) is 0. The molecule has 1 aliphatic carbocycles. The van der Waals surface area contributed by atoms with Gasteiger partial charge in [0.1, 0.15) is 0 Å².